The van der Waals surface area contributed by atoms with Gasteiger partial charge in [-0.25, -0.2) is 9.78 Å². The summed E-state index contributed by atoms with van der Waals surface area (Å²) >= 11 is 0. The van der Waals surface area contributed by atoms with Crippen molar-refractivity contribution in [2.24, 2.45) is 0 Å². The van der Waals surface area contributed by atoms with E-state index in [0.717, 1.165) is 54.0 Å². The van der Waals surface area contributed by atoms with E-state index in [9.17, 15) is 9.59 Å². The maximum Gasteiger partial charge on any atom is 0.340 e. The van der Waals surface area contributed by atoms with Crippen LogP contribution in [0.5, 0.6) is 5.75 Å². The Morgan fingerprint density at radius 2 is 1.94 bits per heavy atom. The van der Waals surface area contributed by atoms with E-state index < -0.39 is 5.63 Å². The van der Waals surface area contributed by atoms with E-state index in [1.54, 1.807) is 6.20 Å². The highest BCUT2D eigenvalue weighted by Gasteiger charge is 2.28. The summed E-state index contributed by atoms with van der Waals surface area (Å²) in [5.74, 6) is 1.65. The van der Waals surface area contributed by atoms with Crippen molar-refractivity contribution in [2.45, 2.75) is 45.6 Å². The normalized spacial score (nSPS) is 17.5. The zero-order chi connectivity index (χ0) is 23.2. The molecule has 2 aromatic heterocycles. The maximum atomic E-state index is 13.0. The molecule has 0 unspecified atom stereocenters. The van der Waals surface area contributed by atoms with Crippen molar-refractivity contribution in [2.75, 3.05) is 31.1 Å². The van der Waals surface area contributed by atoms with Crippen LogP contribution in [0, 0.1) is 6.92 Å². The fourth-order valence-electron chi connectivity index (χ4n) is 4.73. The third-order valence-electron chi connectivity index (χ3n) is 6.78. The van der Waals surface area contributed by atoms with Crippen molar-refractivity contribution in [1.29, 1.82) is 0 Å². The highest BCUT2D eigenvalue weighted by atomic mass is 16.5. The van der Waals surface area contributed by atoms with Crippen molar-refractivity contribution in [3.63, 3.8) is 0 Å². The average molecular weight is 448 g/mol. The molecular formula is C26H29N3O4. The second-order valence-electron chi connectivity index (χ2n) is 9.54. The molecule has 0 N–H and O–H groups in total. The van der Waals surface area contributed by atoms with E-state index in [-0.39, 0.29) is 17.9 Å². The van der Waals surface area contributed by atoms with Crippen LogP contribution < -0.4 is 15.3 Å². The highest BCUT2D eigenvalue weighted by molar-refractivity contribution is 5.86. The van der Waals surface area contributed by atoms with E-state index in [1.165, 1.54) is 0 Å². The van der Waals surface area contributed by atoms with Gasteiger partial charge >= 0.3 is 5.63 Å². The Labute approximate surface area is 193 Å². The molecule has 33 heavy (non-hydrogen) atoms. The minimum absolute atomic E-state index is 0.0477. The standard InChI is InChI=1S/C26H29N3O4/c1-17-19-14-18-7-8-26(2,3)33-21(18)16-22(19)32-25(31)20(17)15-24(30)29-12-10-28(11-13-29)23-6-4-5-9-27-23/h4-6,9,14,16H,7-8,10-13,15H2,1-3H3. The third kappa shape index (κ3) is 4.19. The summed E-state index contributed by atoms with van der Waals surface area (Å²) in [7, 11) is 0. The Kier molecular flexibility index (Phi) is 5.35. The first-order chi connectivity index (χ1) is 15.8. The highest BCUT2D eigenvalue weighted by Crippen LogP contribution is 2.36. The van der Waals surface area contributed by atoms with Gasteiger partial charge in [0, 0.05) is 43.8 Å². The Morgan fingerprint density at radius 1 is 1.15 bits per heavy atom. The third-order valence-corrected chi connectivity index (χ3v) is 6.78. The van der Waals surface area contributed by atoms with Crippen molar-refractivity contribution >= 4 is 22.7 Å². The molecule has 1 fully saturated rings. The second-order valence-corrected chi connectivity index (χ2v) is 9.54. The monoisotopic (exact) mass is 447 g/mol. The van der Waals surface area contributed by atoms with E-state index in [1.807, 2.05) is 36.1 Å². The first kappa shape index (κ1) is 21.5. The predicted molar refractivity (Wildman–Crippen MR) is 127 cm³/mol. The van der Waals surface area contributed by atoms with Crippen LogP contribution in [0.1, 0.15) is 37.0 Å². The van der Waals surface area contributed by atoms with Crippen LogP contribution in [0.15, 0.2) is 45.7 Å². The summed E-state index contributed by atoms with van der Waals surface area (Å²) in [6, 6.07) is 9.71. The number of carbonyl (C=O) groups is 1. The molecule has 1 aromatic carbocycles. The molecule has 0 atom stereocenters. The smallest absolute Gasteiger partial charge is 0.340 e. The maximum absolute atomic E-state index is 13.0. The van der Waals surface area contributed by atoms with Gasteiger partial charge in [-0.2, -0.15) is 0 Å². The fraction of sp³-hybridized carbons (Fsp3) is 0.423. The summed E-state index contributed by atoms with van der Waals surface area (Å²) < 4.78 is 11.7. The molecule has 2 aliphatic heterocycles. The van der Waals surface area contributed by atoms with Gasteiger partial charge in [0.1, 0.15) is 22.8 Å². The second kappa shape index (κ2) is 8.21. The van der Waals surface area contributed by atoms with Gasteiger partial charge in [-0.1, -0.05) is 6.07 Å². The number of aryl methyl sites for hydroxylation is 2. The molecule has 2 aliphatic rings. The molecule has 0 radical (unpaired) electrons. The molecule has 3 aromatic rings. The molecule has 1 saturated heterocycles. The van der Waals surface area contributed by atoms with Gasteiger partial charge in [0.25, 0.3) is 0 Å². The number of amides is 1. The molecule has 1 amide bonds. The molecule has 5 rings (SSSR count). The Hall–Kier alpha value is -3.35. The van der Waals surface area contributed by atoms with Crippen LogP contribution in [0.3, 0.4) is 0 Å². The lowest BCUT2D eigenvalue weighted by molar-refractivity contribution is -0.130. The number of hydrogen-bond acceptors (Lipinski definition) is 6. The SMILES string of the molecule is Cc1c(CC(=O)N2CCN(c3ccccn3)CC2)c(=O)oc2cc3c(cc12)CCC(C)(C)O3. The van der Waals surface area contributed by atoms with Gasteiger partial charge in [-0.15, -0.1) is 0 Å². The molecule has 0 bridgehead atoms. The number of rotatable bonds is 3. The van der Waals surface area contributed by atoms with Gasteiger partial charge in [0.2, 0.25) is 5.91 Å². The topological polar surface area (TPSA) is 75.9 Å². The van der Waals surface area contributed by atoms with Crippen molar-refractivity contribution in [3.8, 4) is 5.75 Å². The Bertz CT molecular complexity index is 1260. The van der Waals surface area contributed by atoms with Crippen LogP contribution in [-0.2, 0) is 17.6 Å². The van der Waals surface area contributed by atoms with Crippen LogP contribution in [0.25, 0.3) is 11.0 Å². The van der Waals surface area contributed by atoms with Crippen LogP contribution in [0.2, 0.25) is 0 Å². The summed E-state index contributed by atoms with van der Waals surface area (Å²) in [5.41, 5.74) is 2.19. The molecule has 0 saturated carbocycles. The number of nitrogens with zero attached hydrogens (tertiary/aromatic N) is 3. The van der Waals surface area contributed by atoms with E-state index in [0.29, 0.717) is 24.2 Å². The van der Waals surface area contributed by atoms with Gasteiger partial charge in [0.05, 0.1) is 12.0 Å². The predicted octanol–water partition coefficient (Wildman–Crippen LogP) is 3.49. The van der Waals surface area contributed by atoms with Gasteiger partial charge in [-0.3, -0.25) is 4.79 Å². The molecule has 0 spiro atoms. The van der Waals surface area contributed by atoms with E-state index in [2.05, 4.69) is 29.8 Å². The number of aromatic nitrogens is 1. The average Bonchev–Trinajstić information content (AvgIpc) is 2.81. The number of ether oxygens (including phenoxy) is 1. The molecular weight excluding hydrogens is 418 g/mol. The summed E-state index contributed by atoms with van der Waals surface area (Å²) in [6.07, 6.45) is 3.66. The molecule has 7 nitrogen and oxygen atoms in total. The van der Waals surface area contributed by atoms with Gasteiger partial charge in [-0.05, 0) is 62.9 Å². The first-order valence-corrected chi connectivity index (χ1v) is 11.5. The molecule has 4 heterocycles. The lowest BCUT2D eigenvalue weighted by atomic mass is 9.92. The number of pyridine rings is 1. The van der Waals surface area contributed by atoms with E-state index >= 15 is 0 Å². The van der Waals surface area contributed by atoms with Gasteiger partial charge < -0.3 is 19.0 Å². The number of piperazine rings is 1. The number of benzene rings is 1. The molecule has 0 aliphatic carbocycles. The summed E-state index contributed by atoms with van der Waals surface area (Å²) in [4.78, 5) is 34.2. The van der Waals surface area contributed by atoms with Crippen molar-refractivity contribution < 1.29 is 13.9 Å². The minimum Gasteiger partial charge on any atom is -0.487 e. The van der Waals surface area contributed by atoms with Crippen LogP contribution >= 0.6 is 0 Å². The van der Waals surface area contributed by atoms with Crippen LogP contribution in [-0.4, -0.2) is 47.6 Å². The number of hydrogen-bond donors (Lipinski definition) is 0. The molecule has 172 valence electrons. The zero-order valence-corrected chi connectivity index (χ0v) is 19.4. The Balaban J connectivity index is 1.35. The summed E-state index contributed by atoms with van der Waals surface area (Å²) in [5, 5.41) is 0.874. The fourth-order valence-corrected chi connectivity index (χ4v) is 4.73. The zero-order valence-electron chi connectivity index (χ0n) is 19.4. The summed E-state index contributed by atoms with van der Waals surface area (Å²) in [6.45, 7) is 8.68. The Morgan fingerprint density at radius 3 is 2.67 bits per heavy atom. The van der Waals surface area contributed by atoms with Crippen molar-refractivity contribution in [1.82, 2.24) is 9.88 Å². The largest absolute Gasteiger partial charge is 0.487 e. The van der Waals surface area contributed by atoms with E-state index in [4.69, 9.17) is 9.15 Å². The first-order valence-electron chi connectivity index (χ1n) is 11.5. The van der Waals surface area contributed by atoms with Gasteiger partial charge in [0.15, 0.2) is 0 Å². The van der Waals surface area contributed by atoms with Crippen molar-refractivity contribution in [3.05, 3.63) is 63.6 Å². The molecule has 7 heteroatoms. The minimum atomic E-state index is -0.449. The number of anilines is 1. The quantitative estimate of drug-likeness (QED) is 0.572. The number of carbonyl (C=O) groups excluding carboxylic acids is 1. The lowest BCUT2D eigenvalue weighted by Gasteiger charge is -2.35. The number of fused-ring (bicyclic) bond motifs is 2. The lowest BCUT2D eigenvalue weighted by Crippen LogP contribution is -2.49. The van der Waals surface area contributed by atoms with Crippen LogP contribution in [0.4, 0.5) is 5.82 Å².